The van der Waals surface area contributed by atoms with Gasteiger partial charge >= 0.3 is 12.2 Å². The van der Waals surface area contributed by atoms with Crippen molar-refractivity contribution in [3.8, 4) is 0 Å². The second-order valence-electron chi connectivity index (χ2n) is 8.37. The molecule has 6 nitrogen and oxygen atoms in total. The molecule has 7 heteroatoms. The standard InChI is InChI=1S/C19H38N2O4Si/c1-8-9-10-11-24-18(22)20-21-19(23)25-26(12-15(2)3,13-16(4)5)14-17(6)7/h15-17H,8-14H2,1-7H3/b21-20+. The van der Waals surface area contributed by atoms with Crippen LogP contribution in [0.5, 0.6) is 0 Å². The molecule has 152 valence electrons. The predicted octanol–water partition coefficient (Wildman–Crippen LogP) is 6.82. The summed E-state index contributed by atoms with van der Waals surface area (Å²) in [6.45, 7) is 15.2. The molecule has 0 spiro atoms. The average molecular weight is 387 g/mol. The molecule has 0 aromatic carbocycles. The van der Waals surface area contributed by atoms with Crippen LogP contribution in [0.3, 0.4) is 0 Å². The Balaban J connectivity index is 4.92. The van der Waals surface area contributed by atoms with Crippen LogP contribution in [0.4, 0.5) is 9.59 Å². The third-order valence-corrected chi connectivity index (χ3v) is 9.12. The first-order valence-electron chi connectivity index (χ1n) is 9.91. The van der Waals surface area contributed by atoms with E-state index in [1.807, 2.05) is 0 Å². The molecule has 2 amide bonds. The molecule has 0 aliphatic rings. The zero-order valence-electron chi connectivity index (χ0n) is 17.7. The largest absolute Gasteiger partial charge is 0.501 e. The average Bonchev–Trinajstić information content (AvgIpc) is 2.47. The summed E-state index contributed by atoms with van der Waals surface area (Å²) in [6, 6.07) is 2.68. The van der Waals surface area contributed by atoms with Crippen molar-refractivity contribution in [2.45, 2.75) is 85.9 Å². The molecule has 26 heavy (non-hydrogen) atoms. The van der Waals surface area contributed by atoms with Gasteiger partial charge in [-0.05, 0) is 42.3 Å². The van der Waals surface area contributed by atoms with Gasteiger partial charge in [-0.2, -0.15) is 0 Å². The van der Waals surface area contributed by atoms with Gasteiger partial charge in [0, 0.05) is 0 Å². The predicted molar refractivity (Wildman–Crippen MR) is 107 cm³/mol. The fourth-order valence-corrected chi connectivity index (χ4v) is 9.06. The summed E-state index contributed by atoms with van der Waals surface area (Å²) in [4.78, 5) is 23.8. The van der Waals surface area contributed by atoms with Crippen molar-refractivity contribution in [3.63, 3.8) is 0 Å². The van der Waals surface area contributed by atoms with Crippen molar-refractivity contribution in [3.05, 3.63) is 0 Å². The van der Waals surface area contributed by atoms with Crippen molar-refractivity contribution in [2.24, 2.45) is 28.0 Å². The summed E-state index contributed by atoms with van der Waals surface area (Å²) < 4.78 is 10.8. The summed E-state index contributed by atoms with van der Waals surface area (Å²) in [5.41, 5.74) is 0. The molecule has 0 unspecified atom stereocenters. The molecule has 0 aliphatic carbocycles. The molecule has 0 saturated carbocycles. The molecule has 0 N–H and O–H groups in total. The minimum Gasteiger partial charge on any atom is -0.501 e. The smallest absolute Gasteiger partial charge is 0.452 e. The van der Waals surface area contributed by atoms with Gasteiger partial charge in [-0.25, -0.2) is 9.59 Å². The van der Waals surface area contributed by atoms with Gasteiger partial charge in [-0.15, -0.1) is 0 Å². The molecule has 0 rings (SSSR count). The topological polar surface area (TPSA) is 77.3 Å². The van der Waals surface area contributed by atoms with Crippen LogP contribution in [-0.4, -0.2) is 27.1 Å². The van der Waals surface area contributed by atoms with E-state index >= 15 is 0 Å². The third-order valence-electron chi connectivity index (χ3n) is 3.83. The third kappa shape index (κ3) is 12.2. The number of hydrogen-bond acceptors (Lipinski definition) is 4. The Bertz CT molecular complexity index is 424. The van der Waals surface area contributed by atoms with Crippen molar-refractivity contribution in [1.82, 2.24) is 0 Å². The SMILES string of the molecule is CCCCCOC(=O)/N=N/C(=O)O[Si](CC(C)C)(CC(C)C)CC(C)C. The summed E-state index contributed by atoms with van der Waals surface area (Å²) in [5, 5.41) is 6.81. The molecule has 0 radical (unpaired) electrons. The quantitative estimate of drug-likeness (QED) is 0.222. The lowest BCUT2D eigenvalue weighted by molar-refractivity contribution is 0.151. The van der Waals surface area contributed by atoms with Crippen LogP contribution < -0.4 is 0 Å². The first-order chi connectivity index (χ1) is 12.1. The Morgan fingerprint density at radius 3 is 1.69 bits per heavy atom. The van der Waals surface area contributed by atoms with Gasteiger partial charge in [0.05, 0.1) is 6.61 Å². The van der Waals surface area contributed by atoms with Crippen molar-refractivity contribution >= 4 is 20.5 Å². The van der Waals surface area contributed by atoms with Gasteiger partial charge in [0.1, 0.15) is 0 Å². The maximum Gasteiger partial charge on any atom is 0.452 e. The number of azo groups is 1. The van der Waals surface area contributed by atoms with Gasteiger partial charge in [-0.3, -0.25) is 0 Å². The van der Waals surface area contributed by atoms with E-state index in [0.29, 0.717) is 24.4 Å². The molecule has 0 aromatic rings. The monoisotopic (exact) mass is 386 g/mol. The minimum absolute atomic E-state index is 0.299. The lowest BCUT2D eigenvalue weighted by Crippen LogP contribution is -2.43. The van der Waals surface area contributed by atoms with E-state index in [1.54, 1.807) is 0 Å². The molecular formula is C19H38N2O4Si. The van der Waals surface area contributed by atoms with E-state index in [4.69, 9.17) is 9.16 Å². The number of carbonyl (C=O) groups is 2. The zero-order valence-corrected chi connectivity index (χ0v) is 18.7. The maximum absolute atomic E-state index is 12.2. The first kappa shape index (κ1) is 24.8. The molecule has 0 saturated heterocycles. The maximum atomic E-state index is 12.2. The Morgan fingerprint density at radius 1 is 0.808 bits per heavy atom. The van der Waals surface area contributed by atoms with Crippen LogP contribution in [0.1, 0.15) is 67.7 Å². The summed E-state index contributed by atoms with van der Waals surface area (Å²) in [6.07, 6.45) is 1.22. The van der Waals surface area contributed by atoms with E-state index < -0.39 is 20.5 Å². The molecular weight excluding hydrogens is 348 g/mol. The molecule has 0 atom stereocenters. The number of unbranched alkanes of at least 4 members (excludes halogenated alkanes) is 2. The van der Waals surface area contributed by atoms with E-state index in [0.717, 1.165) is 37.4 Å². The van der Waals surface area contributed by atoms with Gasteiger partial charge in [0.2, 0.25) is 0 Å². The number of amides is 2. The number of hydrogen-bond donors (Lipinski definition) is 0. The van der Waals surface area contributed by atoms with E-state index in [-0.39, 0.29) is 0 Å². The van der Waals surface area contributed by atoms with Crippen molar-refractivity contribution in [2.75, 3.05) is 6.61 Å². The minimum atomic E-state index is -2.31. The van der Waals surface area contributed by atoms with Crippen LogP contribution in [-0.2, 0) is 9.16 Å². The Kier molecular flexibility index (Phi) is 12.4. The normalized spacial score (nSPS) is 12.4. The summed E-state index contributed by atoms with van der Waals surface area (Å²) in [5.74, 6) is 1.31. The Morgan fingerprint density at radius 2 is 1.27 bits per heavy atom. The molecule has 0 heterocycles. The molecule has 0 aromatic heterocycles. The van der Waals surface area contributed by atoms with Crippen molar-refractivity contribution < 1.29 is 18.8 Å². The molecule has 0 bridgehead atoms. The summed E-state index contributed by atoms with van der Waals surface area (Å²) in [7, 11) is -2.31. The highest BCUT2D eigenvalue weighted by atomic mass is 28.4. The van der Waals surface area contributed by atoms with Crippen LogP contribution in [0.2, 0.25) is 18.1 Å². The Labute approximate surface area is 160 Å². The van der Waals surface area contributed by atoms with Gasteiger partial charge in [-0.1, -0.05) is 71.5 Å². The molecule has 0 aliphatic heterocycles. The number of nitrogens with zero attached hydrogens (tertiary/aromatic N) is 2. The lowest BCUT2D eigenvalue weighted by Gasteiger charge is -2.34. The van der Waals surface area contributed by atoms with Crippen LogP contribution >= 0.6 is 0 Å². The zero-order chi connectivity index (χ0) is 20.2. The van der Waals surface area contributed by atoms with Crippen molar-refractivity contribution in [1.29, 1.82) is 0 Å². The summed E-state index contributed by atoms with van der Waals surface area (Å²) >= 11 is 0. The Hall–Kier alpha value is -1.24. The highest BCUT2D eigenvalue weighted by Crippen LogP contribution is 2.33. The van der Waals surface area contributed by atoms with Gasteiger partial charge in [0.15, 0.2) is 0 Å². The fourth-order valence-electron chi connectivity index (χ4n) is 3.43. The van der Waals surface area contributed by atoms with Crippen LogP contribution in [0.15, 0.2) is 10.2 Å². The second kappa shape index (κ2) is 13.0. The number of rotatable bonds is 11. The highest BCUT2D eigenvalue weighted by Gasteiger charge is 2.40. The number of ether oxygens (including phenoxy) is 1. The second-order valence-corrected chi connectivity index (χ2v) is 12.2. The van der Waals surface area contributed by atoms with E-state index in [2.05, 4.69) is 58.7 Å². The number of carbonyl (C=O) groups excluding carboxylic acids is 2. The fraction of sp³-hybridized carbons (Fsp3) is 0.895. The van der Waals surface area contributed by atoms with Crippen LogP contribution in [0.25, 0.3) is 0 Å². The van der Waals surface area contributed by atoms with Gasteiger partial charge < -0.3 is 9.16 Å². The van der Waals surface area contributed by atoms with Gasteiger partial charge in [0.25, 0.3) is 8.32 Å². The van der Waals surface area contributed by atoms with E-state index in [1.165, 1.54) is 0 Å². The first-order valence-corrected chi connectivity index (χ1v) is 12.4. The lowest BCUT2D eigenvalue weighted by atomic mass is 10.2. The van der Waals surface area contributed by atoms with Crippen LogP contribution in [0, 0.1) is 17.8 Å². The van der Waals surface area contributed by atoms with E-state index in [9.17, 15) is 9.59 Å². The highest BCUT2D eigenvalue weighted by molar-refractivity contribution is 6.75. The molecule has 0 fully saturated rings.